The van der Waals surface area contributed by atoms with Gasteiger partial charge in [-0.15, -0.1) is 10.2 Å². The van der Waals surface area contributed by atoms with E-state index >= 15 is 0 Å². The van der Waals surface area contributed by atoms with Crippen molar-refractivity contribution in [2.45, 2.75) is 17.8 Å². The molecule has 3 aromatic rings. The summed E-state index contributed by atoms with van der Waals surface area (Å²) < 4.78 is 7.05. The number of aromatic nitrogens is 3. The van der Waals surface area contributed by atoms with Crippen molar-refractivity contribution in [2.75, 3.05) is 0 Å². The van der Waals surface area contributed by atoms with Gasteiger partial charge in [0.05, 0.1) is 6.21 Å². The van der Waals surface area contributed by atoms with Crippen molar-refractivity contribution in [1.82, 2.24) is 14.9 Å². The zero-order valence-electron chi connectivity index (χ0n) is 11.8. The van der Waals surface area contributed by atoms with Crippen molar-refractivity contribution in [3.05, 3.63) is 64.8 Å². The molecule has 0 N–H and O–H groups in total. The summed E-state index contributed by atoms with van der Waals surface area (Å²) in [6.45, 7) is 1.89. The standard InChI is InChI=1S/C15H13ClN4OS/c1-11-6-7-13(21-11)8-18-20-10-17-19-15(20)22-9-12-4-2-3-5-14(12)16/h2-8,10H,9H2,1H3/b18-8-. The summed E-state index contributed by atoms with van der Waals surface area (Å²) in [5.41, 5.74) is 1.05. The third-order valence-corrected chi connectivity index (χ3v) is 4.24. The van der Waals surface area contributed by atoms with Crippen molar-refractivity contribution < 1.29 is 4.42 Å². The van der Waals surface area contributed by atoms with Gasteiger partial charge in [-0.1, -0.05) is 41.6 Å². The van der Waals surface area contributed by atoms with E-state index in [0.29, 0.717) is 16.7 Å². The van der Waals surface area contributed by atoms with Crippen LogP contribution < -0.4 is 0 Å². The summed E-state index contributed by atoms with van der Waals surface area (Å²) >= 11 is 7.67. The number of halogens is 1. The second-order valence-corrected chi connectivity index (χ2v) is 5.88. The SMILES string of the molecule is Cc1ccc(/C=N\n2cnnc2SCc2ccccc2Cl)o1. The summed E-state index contributed by atoms with van der Waals surface area (Å²) in [5.74, 6) is 2.24. The maximum Gasteiger partial charge on any atom is 0.212 e. The van der Waals surface area contributed by atoms with Gasteiger partial charge >= 0.3 is 0 Å². The number of aryl methyl sites for hydroxylation is 1. The Bertz CT molecular complexity index is 796. The number of thioether (sulfide) groups is 1. The monoisotopic (exact) mass is 332 g/mol. The van der Waals surface area contributed by atoms with Gasteiger partial charge < -0.3 is 4.42 Å². The highest BCUT2D eigenvalue weighted by Gasteiger charge is 2.06. The first-order valence-corrected chi connectivity index (χ1v) is 7.96. The van der Waals surface area contributed by atoms with Crippen LogP contribution in [-0.4, -0.2) is 21.1 Å². The molecule has 0 saturated carbocycles. The molecule has 0 bridgehead atoms. The van der Waals surface area contributed by atoms with Crippen molar-refractivity contribution in [3.63, 3.8) is 0 Å². The van der Waals surface area contributed by atoms with Crippen LogP contribution in [0.2, 0.25) is 5.02 Å². The van der Waals surface area contributed by atoms with Gasteiger partial charge in [0.15, 0.2) is 0 Å². The molecule has 0 aliphatic carbocycles. The maximum atomic E-state index is 6.15. The molecule has 0 aliphatic heterocycles. The third kappa shape index (κ3) is 3.58. The topological polar surface area (TPSA) is 56.2 Å². The summed E-state index contributed by atoms with van der Waals surface area (Å²) in [4.78, 5) is 0. The molecular weight excluding hydrogens is 320 g/mol. The first-order chi connectivity index (χ1) is 10.7. The molecule has 2 heterocycles. The second-order valence-electron chi connectivity index (χ2n) is 4.53. The minimum atomic E-state index is 0.688. The first-order valence-electron chi connectivity index (χ1n) is 6.59. The minimum absolute atomic E-state index is 0.688. The quantitative estimate of drug-likeness (QED) is 0.523. The molecule has 0 radical (unpaired) electrons. The molecule has 5 nitrogen and oxygen atoms in total. The van der Waals surface area contributed by atoms with Gasteiger partial charge in [0.2, 0.25) is 5.16 Å². The predicted octanol–water partition coefficient (Wildman–Crippen LogP) is 4.01. The summed E-state index contributed by atoms with van der Waals surface area (Å²) in [7, 11) is 0. The fourth-order valence-electron chi connectivity index (χ4n) is 1.79. The van der Waals surface area contributed by atoms with Crippen LogP contribution in [0.5, 0.6) is 0 Å². The predicted molar refractivity (Wildman–Crippen MR) is 87.5 cm³/mol. The van der Waals surface area contributed by atoms with Gasteiger partial charge in [-0.2, -0.15) is 9.78 Å². The molecule has 0 aliphatic rings. The van der Waals surface area contributed by atoms with E-state index < -0.39 is 0 Å². The molecule has 0 amide bonds. The Hall–Kier alpha value is -2.05. The number of nitrogens with zero attached hydrogens (tertiary/aromatic N) is 4. The third-order valence-electron chi connectivity index (χ3n) is 2.89. The second kappa shape index (κ2) is 6.81. The van der Waals surface area contributed by atoms with Gasteiger partial charge in [0, 0.05) is 10.8 Å². The number of benzene rings is 1. The van der Waals surface area contributed by atoms with Gasteiger partial charge in [0.1, 0.15) is 17.8 Å². The molecule has 0 atom stereocenters. The number of hydrogen-bond acceptors (Lipinski definition) is 5. The van der Waals surface area contributed by atoms with Gasteiger partial charge in [-0.05, 0) is 30.7 Å². The lowest BCUT2D eigenvalue weighted by molar-refractivity contribution is 0.527. The van der Waals surface area contributed by atoms with Crippen LogP contribution in [0.1, 0.15) is 17.1 Å². The van der Waals surface area contributed by atoms with Crippen molar-refractivity contribution >= 4 is 29.6 Å². The van der Waals surface area contributed by atoms with E-state index in [-0.39, 0.29) is 0 Å². The van der Waals surface area contributed by atoms with Crippen LogP contribution in [0.3, 0.4) is 0 Å². The lowest BCUT2D eigenvalue weighted by atomic mass is 10.2. The smallest absolute Gasteiger partial charge is 0.212 e. The fraction of sp³-hybridized carbons (Fsp3) is 0.133. The summed E-state index contributed by atoms with van der Waals surface area (Å²) in [5, 5.41) is 13.7. The number of hydrogen-bond donors (Lipinski definition) is 0. The Kier molecular flexibility index (Phi) is 4.60. The van der Waals surface area contributed by atoms with E-state index in [1.54, 1.807) is 17.2 Å². The van der Waals surface area contributed by atoms with E-state index in [1.807, 2.05) is 43.3 Å². The number of furan rings is 1. The summed E-state index contributed by atoms with van der Waals surface area (Å²) in [6, 6.07) is 11.5. The zero-order valence-corrected chi connectivity index (χ0v) is 13.4. The average Bonchev–Trinajstić information content (AvgIpc) is 3.13. The van der Waals surface area contributed by atoms with Crippen molar-refractivity contribution in [3.8, 4) is 0 Å². The molecular formula is C15H13ClN4OS. The van der Waals surface area contributed by atoms with Crippen LogP contribution in [0, 0.1) is 6.92 Å². The largest absolute Gasteiger partial charge is 0.460 e. The lowest BCUT2D eigenvalue weighted by Crippen LogP contribution is -1.92. The molecule has 22 heavy (non-hydrogen) atoms. The highest BCUT2D eigenvalue weighted by molar-refractivity contribution is 7.98. The highest BCUT2D eigenvalue weighted by atomic mass is 35.5. The molecule has 112 valence electrons. The fourth-order valence-corrected chi connectivity index (χ4v) is 2.94. The average molecular weight is 333 g/mol. The minimum Gasteiger partial charge on any atom is -0.460 e. The lowest BCUT2D eigenvalue weighted by Gasteiger charge is -2.03. The van der Waals surface area contributed by atoms with Gasteiger partial charge in [-0.25, -0.2) is 0 Å². The maximum absolute atomic E-state index is 6.15. The Balaban J connectivity index is 1.70. The molecule has 0 fully saturated rings. The Morgan fingerprint density at radius 1 is 1.32 bits per heavy atom. The molecule has 0 unspecified atom stereocenters. The normalized spacial score (nSPS) is 11.4. The van der Waals surface area contributed by atoms with E-state index in [0.717, 1.165) is 16.3 Å². The van der Waals surface area contributed by atoms with Crippen LogP contribution in [0.4, 0.5) is 0 Å². The molecule has 0 spiro atoms. The molecule has 2 aromatic heterocycles. The van der Waals surface area contributed by atoms with Gasteiger partial charge in [0.25, 0.3) is 0 Å². The van der Waals surface area contributed by atoms with Crippen LogP contribution in [0.15, 0.2) is 57.4 Å². The molecule has 0 saturated heterocycles. The van der Waals surface area contributed by atoms with E-state index in [4.69, 9.17) is 16.0 Å². The van der Waals surface area contributed by atoms with E-state index in [2.05, 4.69) is 15.3 Å². The summed E-state index contributed by atoms with van der Waals surface area (Å²) in [6.07, 6.45) is 3.19. The van der Waals surface area contributed by atoms with Gasteiger partial charge in [-0.3, -0.25) is 0 Å². The molecule has 1 aromatic carbocycles. The Morgan fingerprint density at radius 2 is 2.18 bits per heavy atom. The van der Waals surface area contributed by atoms with Crippen LogP contribution in [-0.2, 0) is 5.75 Å². The number of rotatable bonds is 5. The molecule has 3 rings (SSSR count). The van der Waals surface area contributed by atoms with E-state index in [9.17, 15) is 0 Å². The Labute approximate surface area is 137 Å². The zero-order chi connectivity index (χ0) is 15.4. The highest BCUT2D eigenvalue weighted by Crippen LogP contribution is 2.25. The molecule has 7 heteroatoms. The van der Waals surface area contributed by atoms with E-state index in [1.165, 1.54) is 11.8 Å². The van der Waals surface area contributed by atoms with Crippen LogP contribution >= 0.6 is 23.4 Å². The Morgan fingerprint density at radius 3 is 2.95 bits per heavy atom. The van der Waals surface area contributed by atoms with Crippen LogP contribution in [0.25, 0.3) is 0 Å². The first kappa shape index (κ1) is 14.9. The van der Waals surface area contributed by atoms with Crippen molar-refractivity contribution in [1.29, 1.82) is 0 Å². The van der Waals surface area contributed by atoms with Crippen molar-refractivity contribution in [2.24, 2.45) is 5.10 Å².